The minimum Gasteiger partial charge on any atom is -0.478 e. The van der Waals surface area contributed by atoms with E-state index in [9.17, 15) is 9.90 Å². The minimum atomic E-state index is -1.01. The molecule has 1 N–H and O–H groups in total. The van der Waals surface area contributed by atoms with Gasteiger partial charge in [0.15, 0.2) is 0 Å². The maximum atomic E-state index is 11.2. The molecule has 0 saturated carbocycles. The monoisotopic (exact) mass is 467 g/mol. The highest BCUT2D eigenvalue weighted by atomic mass is 79.9. The third-order valence-corrected chi connectivity index (χ3v) is 4.36. The van der Waals surface area contributed by atoms with E-state index in [-0.39, 0.29) is 5.56 Å². The maximum absolute atomic E-state index is 11.2. The number of aryl methyl sites for hydroxylation is 1. The molecule has 0 aromatic heterocycles. The Bertz CT molecular complexity index is 760. The Kier molecular flexibility index (Phi) is 7.58. The van der Waals surface area contributed by atoms with E-state index in [0.29, 0.717) is 5.69 Å². The second kappa shape index (κ2) is 9.68. The van der Waals surface area contributed by atoms with Crippen molar-refractivity contribution in [3.63, 3.8) is 0 Å². The van der Waals surface area contributed by atoms with E-state index in [0.717, 1.165) is 40.7 Å². The molecule has 0 saturated heterocycles. The fourth-order valence-corrected chi connectivity index (χ4v) is 3.23. The van der Waals surface area contributed by atoms with E-state index in [2.05, 4.69) is 53.1 Å². The van der Waals surface area contributed by atoms with Crippen LogP contribution in [-0.4, -0.2) is 34.8 Å². The minimum absolute atomic E-state index is 0.140. The molecule has 0 radical (unpaired) electrons. The summed E-state index contributed by atoms with van der Waals surface area (Å²) in [6.45, 7) is 3.80. The average molecular weight is 469 g/mol. The third kappa shape index (κ3) is 5.37. The quantitative estimate of drug-likeness (QED) is 0.398. The topological polar surface area (TPSA) is 65.3 Å². The van der Waals surface area contributed by atoms with Gasteiger partial charge in [0.05, 0.1) is 11.3 Å². The maximum Gasteiger partial charge on any atom is 0.337 e. The number of azo groups is 1. The first-order chi connectivity index (χ1) is 12.1. The number of aromatic carboxylic acids is 1. The first-order valence-electron chi connectivity index (χ1n) is 7.78. The number of hydrogen-bond donors (Lipinski definition) is 1. The standard InChI is InChI=1S/C18H19Br2N3O2/c1-13-12-14(23(10-8-19)11-9-20)6-7-16(13)21-22-17-5-3-2-4-15(17)18(24)25/h2-7,12H,8-11H2,1H3,(H,24,25). The molecule has 0 heterocycles. The molecule has 0 unspecified atom stereocenters. The lowest BCUT2D eigenvalue weighted by Gasteiger charge is -2.23. The van der Waals surface area contributed by atoms with Crippen LogP contribution in [0.3, 0.4) is 0 Å². The molecule has 25 heavy (non-hydrogen) atoms. The molecule has 0 spiro atoms. The highest BCUT2D eigenvalue weighted by molar-refractivity contribution is 9.09. The van der Waals surface area contributed by atoms with Crippen molar-refractivity contribution in [3.05, 3.63) is 53.6 Å². The first-order valence-corrected chi connectivity index (χ1v) is 10.0. The fourth-order valence-electron chi connectivity index (χ4n) is 2.37. The Morgan fingerprint density at radius 2 is 1.68 bits per heavy atom. The van der Waals surface area contributed by atoms with Crippen LogP contribution in [0.15, 0.2) is 52.7 Å². The van der Waals surface area contributed by atoms with Gasteiger partial charge in [-0.2, -0.15) is 5.11 Å². The molecule has 0 aliphatic heterocycles. The summed E-state index contributed by atoms with van der Waals surface area (Å²) < 4.78 is 0. The number of carboxylic acids is 1. The van der Waals surface area contributed by atoms with E-state index < -0.39 is 5.97 Å². The van der Waals surface area contributed by atoms with Crippen LogP contribution < -0.4 is 4.90 Å². The second-order valence-electron chi connectivity index (χ2n) is 5.36. The van der Waals surface area contributed by atoms with Crippen molar-refractivity contribution in [2.45, 2.75) is 6.92 Å². The molecule has 7 heteroatoms. The number of rotatable bonds is 8. The molecule has 2 aromatic rings. The van der Waals surface area contributed by atoms with Crippen molar-refractivity contribution in [1.82, 2.24) is 0 Å². The summed E-state index contributed by atoms with van der Waals surface area (Å²) in [5.41, 5.74) is 3.33. The number of carbonyl (C=O) groups is 1. The van der Waals surface area contributed by atoms with E-state index >= 15 is 0 Å². The average Bonchev–Trinajstić information content (AvgIpc) is 2.60. The smallest absolute Gasteiger partial charge is 0.337 e. The van der Waals surface area contributed by atoms with Crippen LogP contribution in [-0.2, 0) is 0 Å². The van der Waals surface area contributed by atoms with Gasteiger partial charge in [0.25, 0.3) is 0 Å². The van der Waals surface area contributed by atoms with Crippen LogP contribution in [0.4, 0.5) is 17.1 Å². The predicted molar refractivity (Wildman–Crippen MR) is 109 cm³/mol. The molecule has 0 aliphatic carbocycles. The van der Waals surface area contributed by atoms with Crippen LogP contribution in [0.25, 0.3) is 0 Å². The zero-order valence-electron chi connectivity index (χ0n) is 13.8. The Morgan fingerprint density at radius 1 is 1.04 bits per heavy atom. The molecule has 0 aliphatic rings. The number of carboxylic acid groups (broad SMARTS) is 1. The van der Waals surface area contributed by atoms with Gasteiger partial charge >= 0.3 is 5.97 Å². The number of nitrogens with zero attached hydrogens (tertiary/aromatic N) is 3. The molecule has 0 atom stereocenters. The number of hydrogen-bond acceptors (Lipinski definition) is 4. The van der Waals surface area contributed by atoms with Gasteiger partial charge in [-0.1, -0.05) is 44.0 Å². The molecule has 0 bridgehead atoms. The first kappa shape index (κ1) is 19.6. The summed E-state index contributed by atoms with van der Waals surface area (Å²) in [6.07, 6.45) is 0. The van der Waals surface area contributed by atoms with Gasteiger partial charge in [0.1, 0.15) is 5.69 Å². The van der Waals surface area contributed by atoms with Gasteiger partial charge in [-0.05, 0) is 42.8 Å². The number of anilines is 1. The largest absolute Gasteiger partial charge is 0.478 e. The summed E-state index contributed by atoms with van der Waals surface area (Å²) in [7, 11) is 0. The van der Waals surface area contributed by atoms with Gasteiger partial charge in [0.2, 0.25) is 0 Å². The molecule has 0 fully saturated rings. The predicted octanol–water partition coefficient (Wildman–Crippen LogP) is 5.70. The molecule has 2 rings (SSSR count). The van der Waals surface area contributed by atoms with Crippen LogP contribution in [0, 0.1) is 6.92 Å². The van der Waals surface area contributed by atoms with Gasteiger partial charge in [-0.15, -0.1) is 5.11 Å². The Balaban J connectivity index is 2.25. The van der Waals surface area contributed by atoms with Crippen LogP contribution in [0.5, 0.6) is 0 Å². The SMILES string of the molecule is Cc1cc(N(CCBr)CCBr)ccc1N=Nc1ccccc1C(=O)O. The summed E-state index contributed by atoms with van der Waals surface area (Å²) in [6, 6.07) is 12.6. The summed E-state index contributed by atoms with van der Waals surface area (Å²) in [5.74, 6) is -1.01. The summed E-state index contributed by atoms with van der Waals surface area (Å²) in [4.78, 5) is 13.5. The third-order valence-electron chi connectivity index (χ3n) is 3.65. The van der Waals surface area contributed by atoms with Gasteiger partial charge in [0, 0.05) is 29.4 Å². The number of halogens is 2. The summed E-state index contributed by atoms with van der Waals surface area (Å²) in [5, 5.41) is 19.3. The zero-order valence-corrected chi connectivity index (χ0v) is 17.0. The molecule has 132 valence electrons. The fraction of sp³-hybridized carbons (Fsp3) is 0.278. The van der Waals surface area contributed by atoms with Crippen LogP contribution in [0.1, 0.15) is 15.9 Å². The highest BCUT2D eigenvalue weighted by Gasteiger charge is 2.09. The van der Waals surface area contributed by atoms with Crippen molar-refractivity contribution in [1.29, 1.82) is 0 Å². The second-order valence-corrected chi connectivity index (χ2v) is 6.94. The van der Waals surface area contributed by atoms with E-state index in [4.69, 9.17) is 0 Å². The molecular weight excluding hydrogens is 450 g/mol. The lowest BCUT2D eigenvalue weighted by atomic mass is 10.1. The molecule has 0 amide bonds. The zero-order chi connectivity index (χ0) is 18.2. The number of benzene rings is 2. The van der Waals surface area contributed by atoms with E-state index in [1.807, 2.05) is 19.1 Å². The highest BCUT2D eigenvalue weighted by Crippen LogP contribution is 2.28. The van der Waals surface area contributed by atoms with Gasteiger partial charge in [-0.3, -0.25) is 0 Å². The van der Waals surface area contributed by atoms with Gasteiger partial charge < -0.3 is 10.0 Å². The Labute approximate surface area is 164 Å². The lowest BCUT2D eigenvalue weighted by molar-refractivity contribution is 0.0698. The normalized spacial score (nSPS) is 11.0. The van der Waals surface area contributed by atoms with Crippen LogP contribution in [0.2, 0.25) is 0 Å². The Hall–Kier alpha value is -1.73. The van der Waals surface area contributed by atoms with E-state index in [1.165, 1.54) is 6.07 Å². The Morgan fingerprint density at radius 3 is 2.28 bits per heavy atom. The van der Waals surface area contributed by atoms with Crippen molar-refractivity contribution in [2.75, 3.05) is 28.6 Å². The van der Waals surface area contributed by atoms with Crippen molar-refractivity contribution in [2.24, 2.45) is 10.2 Å². The molecular formula is C18H19Br2N3O2. The lowest BCUT2D eigenvalue weighted by Crippen LogP contribution is -2.27. The van der Waals surface area contributed by atoms with Crippen LogP contribution >= 0.6 is 31.9 Å². The van der Waals surface area contributed by atoms with Gasteiger partial charge in [-0.25, -0.2) is 4.79 Å². The van der Waals surface area contributed by atoms with Crippen molar-refractivity contribution in [3.8, 4) is 0 Å². The summed E-state index contributed by atoms with van der Waals surface area (Å²) >= 11 is 6.96. The molecule has 2 aromatic carbocycles. The molecule has 5 nitrogen and oxygen atoms in total. The van der Waals surface area contributed by atoms with E-state index in [1.54, 1.807) is 18.2 Å². The van der Waals surface area contributed by atoms with Crippen molar-refractivity contribution < 1.29 is 9.90 Å². The van der Waals surface area contributed by atoms with Crippen molar-refractivity contribution >= 4 is 54.9 Å². The number of alkyl halides is 2.